The van der Waals surface area contributed by atoms with Crippen LogP contribution >= 0.6 is 0 Å². The van der Waals surface area contributed by atoms with Crippen molar-refractivity contribution >= 4 is 23.7 Å². The molecule has 5 unspecified atom stereocenters. The van der Waals surface area contributed by atoms with E-state index in [-0.39, 0.29) is 12.2 Å². The molecule has 5 atom stereocenters. The Kier molecular flexibility index (Phi) is 10.7. The Hall–Kier alpha value is -3.22. The van der Waals surface area contributed by atoms with E-state index in [9.17, 15) is 29.4 Å². The fourth-order valence-electron chi connectivity index (χ4n) is 2.80. The Bertz CT molecular complexity index is 828. The van der Waals surface area contributed by atoms with Gasteiger partial charge in [0.15, 0.2) is 0 Å². The number of amides is 3. The van der Waals surface area contributed by atoms with Gasteiger partial charge in [-0.15, -0.1) is 0 Å². The first-order chi connectivity index (χ1) is 15.4. The van der Waals surface area contributed by atoms with Gasteiger partial charge in [-0.25, -0.2) is 4.79 Å². The number of carbonyl (C=O) groups is 4. The maximum atomic E-state index is 13.0. The molecule has 9 N–H and O–H groups in total. The monoisotopic (exact) mass is 468 g/mol. The zero-order valence-electron chi connectivity index (χ0n) is 18.7. The highest BCUT2D eigenvalue weighted by atomic mass is 16.4. The van der Waals surface area contributed by atoms with Crippen molar-refractivity contribution in [3.8, 4) is 5.75 Å². The van der Waals surface area contributed by atoms with Gasteiger partial charge < -0.3 is 42.1 Å². The standard InChI is InChI=1S/C21H32N4O8/c1-10(2)17(20(31)24-15(9-26)21(32)33)25-18(29)14(23-19(30)16(22)11(3)27)8-12-4-6-13(28)7-5-12/h4-7,10-11,14-17,26-28H,8-9,22H2,1-3H3,(H,23,30)(H,24,31)(H,25,29)(H,32,33). The van der Waals surface area contributed by atoms with Crippen LogP contribution in [-0.4, -0.2) is 81.0 Å². The van der Waals surface area contributed by atoms with E-state index in [0.717, 1.165) is 0 Å². The molecule has 0 aromatic heterocycles. The molecule has 12 heteroatoms. The lowest BCUT2D eigenvalue weighted by molar-refractivity contribution is -0.143. The van der Waals surface area contributed by atoms with Crippen molar-refractivity contribution in [3.05, 3.63) is 29.8 Å². The van der Waals surface area contributed by atoms with Gasteiger partial charge in [-0.1, -0.05) is 26.0 Å². The average Bonchev–Trinajstić information content (AvgIpc) is 2.75. The molecule has 0 aliphatic heterocycles. The third-order valence-corrected chi connectivity index (χ3v) is 4.88. The molecule has 0 fully saturated rings. The molecule has 1 aromatic carbocycles. The number of benzene rings is 1. The number of phenols is 1. The zero-order valence-corrected chi connectivity index (χ0v) is 18.7. The van der Waals surface area contributed by atoms with Crippen LogP contribution in [0.5, 0.6) is 5.75 Å². The Morgan fingerprint density at radius 2 is 1.45 bits per heavy atom. The summed E-state index contributed by atoms with van der Waals surface area (Å²) in [6, 6.07) is 0.670. The maximum absolute atomic E-state index is 13.0. The van der Waals surface area contributed by atoms with E-state index in [4.69, 9.17) is 15.9 Å². The van der Waals surface area contributed by atoms with Crippen LogP contribution in [0, 0.1) is 5.92 Å². The summed E-state index contributed by atoms with van der Waals surface area (Å²) in [5, 5.41) is 44.3. The Morgan fingerprint density at radius 3 is 1.91 bits per heavy atom. The SMILES string of the molecule is CC(C)C(NC(=O)C(Cc1ccc(O)cc1)NC(=O)C(N)C(C)O)C(=O)NC(CO)C(=O)O. The molecule has 0 spiro atoms. The summed E-state index contributed by atoms with van der Waals surface area (Å²) in [6.07, 6.45) is -1.20. The highest BCUT2D eigenvalue weighted by molar-refractivity contribution is 5.94. The van der Waals surface area contributed by atoms with Crippen LogP contribution in [0.25, 0.3) is 0 Å². The molecule has 0 heterocycles. The lowest BCUT2D eigenvalue weighted by Crippen LogP contribution is -2.59. The van der Waals surface area contributed by atoms with Crippen molar-refractivity contribution in [2.45, 2.75) is 57.5 Å². The van der Waals surface area contributed by atoms with E-state index < -0.39 is 66.5 Å². The van der Waals surface area contributed by atoms with Gasteiger partial charge in [0.05, 0.1) is 12.7 Å². The van der Waals surface area contributed by atoms with E-state index in [0.29, 0.717) is 5.56 Å². The normalized spacial score (nSPS) is 15.6. The fourth-order valence-corrected chi connectivity index (χ4v) is 2.80. The number of aromatic hydroxyl groups is 1. The number of nitrogens with two attached hydrogens (primary N) is 1. The quantitative estimate of drug-likeness (QED) is 0.167. The number of carboxylic acid groups (broad SMARTS) is 1. The molecular weight excluding hydrogens is 436 g/mol. The van der Waals surface area contributed by atoms with Crippen LogP contribution in [-0.2, 0) is 25.6 Å². The molecule has 1 rings (SSSR count). The van der Waals surface area contributed by atoms with Crippen LogP contribution in [0.4, 0.5) is 0 Å². The largest absolute Gasteiger partial charge is 0.508 e. The molecule has 1 aromatic rings. The summed E-state index contributed by atoms with van der Waals surface area (Å²) in [5.74, 6) is -4.26. The topological polar surface area (TPSA) is 211 Å². The fraction of sp³-hybridized carbons (Fsp3) is 0.524. The summed E-state index contributed by atoms with van der Waals surface area (Å²) in [7, 11) is 0. The minimum atomic E-state index is -1.55. The van der Waals surface area contributed by atoms with Gasteiger partial charge >= 0.3 is 5.97 Å². The number of aliphatic hydroxyl groups excluding tert-OH is 2. The van der Waals surface area contributed by atoms with Gasteiger partial charge in [0.2, 0.25) is 17.7 Å². The van der Waals surface area contributed by atoms with Crippen molar-refractivity contribution < 1.29 is 39.6 Å². The Balaban J connectivity index is 3.09. The van der Waals surface area contributed by atoms with Crippen LogP contribution < -0.4 is 21.7 Å². The number of hydrogen-bond acceptors (Lipinski definition) is 8. The molecule has 0 aliphatic carbocycles. The van der Waals surface area contributed by atoms with Crippen LogP contribution in [0.3, 0.4) is 0 Å². The third-order valence-electron chi connectivity index (χ3n) is 4.88. The average molecular weight is 469 g/mol. The molecule has 0 saturated heterocycles. The van der Waals surface area contributed by atoms with Crippen molar-refractivity contribution in [2.24, 2.45) is 11.7 Å². The third kappa shape index (κ3) is 8.67. The Labute approximate surface area is 191 Å². The molecule has 12 nitrogen and oxygen atoms in total. The predicted molar refractivity (Wildman–Crippen MR) is 117 cm³/mol. The minimum Gasteiger partial charge on any atom is -0.508 e. The lowest BCUT2D eigenvalue weighted by atomic mass is 10.00. The second kappa shape index (κ2) is 12.7. The number of rotatable bonds is 12. The van der Waals surface area contributed by atoms with Gasteiger partial charge in [-0.05, 0) is 30.5 Å². The number of phenolic OH excluding ortho intramolecular Hbond substituents is 1. The summed E-state index contributed by atoms with van der Waals surface area (Å²) in [5.41, 5.74) is 6.23. The number of aliphatic carboxylic acids is 1. The van der Waals surface area contributed by atoms with Crippen LogP contribution in [0.15, 0.2) is 24.3 Å². The second-order valence-corrected chi connectivity index (χ2v) is 8.01. The molecule has 0 aliphatic rings. The number of hydrogen-bond donors (Lipinski definition) is 8. The van der Waals surface area contributed by atoms with E-state index in [1.807, 2.05) is 0 Å². The smallest absolute Gasteiger partial charge is 0.328 e. The molecule has 0 bridgehead atoms. The number of aliphatic hydroxyl groups is 2. The van der Waals surface area contributed by atoms with Crippen molar-refractivity contribution in [1.29, 1.82) is 0 Å². The molecule has 184 valence electrons. The molecule has 0 saturated carbocycles. The number of carbonyl (C=O) groups excluding carboxylic acids is 3. The number of carboxylic acids is 1. The second-order valence-electron chi connectivity index (χ2n) is 8.01. The van der Waals surface area contributed by atoms with E-state index in [1.165, 1.54) is 19.1 Å². The van der Waals surface area contributed by atoms with Gasteiger partial charge in [0.25, 0.3) is 0 Å². The first-order valence-electron chi connectivity index (χ1n) is 10.3. The summed E-state index contributed by atoms with van der Waals surface area (Å²) < 4.78 is 0. The number of nitrogens with one attached hydrogen (secondary N) is 3. The Morgan fingerprint density at radius 1 is 0.909 bits per heavy atom. The van der Waals surface area contributed by atoms with E-state index in [1.54, 1.807) is 26.0 Å². The van der Waals surface area contributed by atoms with Gasteiger partial charge in [0.1, 0.15) is 29.9 Å². The summed E-state index contributed by atoms with van der Waals surface area (Å²) >= 11 is 0. The maximum Gasteiger partial charge on any atom is 0.328 e. The molecule has 3 amide bonds. The highest BCUT2D eigenvalue weighted by Crippen LogP contribution is 2.12. The first-order valence-corrected chi connectivity index (χ1v) is 10.3. The van der Waals surface area contributed by atoms with E-state index >= 15 is 0 Å². The summed E-state index contributed by atoms with van der Waals surface area (Å²) in [4.78, 5) is 49.1. The predicted octanol–water partition coefficient (Wildman–Crippen LogP) is -2.17. The van der Waals surface area contributed by atoms with Crippen LogP contribution in [0.2, 0.25) is 0 Å². The van der Waals surface area contributed by atoms with Crippen LogP contribution in [0.1, 0.15) is 26.3 Å². The van der Waals surface area contributed by atoms with Crippen molar-refractivity contribution in [2.75, 3.05) is 6.61 Å². The first kappa shape index (κ1) is 27.8. The highest BCUT2D eigenvalue weighted by Gasteiger charge is 2.32. The minimum absolute atomic E-state index is 0.00771. The van der Waals surface area contributed by atoms with E-state index in [2.05, 4.69) is 16.0 Å². The van der Waals surface area contributed by atoms with Crippen molar-refractivity contribution in [1.82, 2.24) is 16.0 Å². The molecule has 33 heavy (non-hydrogen) atoms. The van der Waals surface area contributed by atoms with Crippen molar-refractivity contribution in [3.63, 3.8) is 0 Å². The van der Waals surface area contributed by atoms with Gasteiger partial charge in [0, 0.05) is 6.42 Å². The van der Waals surface area contributed by atoms with Gasteiger partial charge in [-0.2, -0.15) is 0 Å². The molecule has 0 radical (unpaired) electrons. The van der Waals surface area contributed by atoms with Gasteiger partial charge in [-0.3, -0.25) is 14.4 Å². The molecular formula is C21H32N4O8. The summed E-state index contributed by atoms with van der Waals surface area (Å²) in [6.45, 7) is 3.72. The lowest BCUT2D eigenvalue weighted by Gasteiger charge is -2.27. The zero-order chi connectivity index (χ0) is 25.3.